The van der Waals surface area contributed by atoms with Gasteiger partial charge in [-0.2, -0.15) is 0 Å². The van der Waals surface area contributed by atoms with E-state index < -0.39 is 0 Å². The highest BCUT2D eigenvalue weighted by molar-refractivity contribution is 9.10. The fraction of sp³-hybridized carbons (Fsp3) is 0.167. The quantitative estimate of drug-likeness (QED) is 0.937. The standard InChI is InChI=1S/C12H12BrNO2/c13-10-4-3-9(7-14)12(6-10)16-8-11-2-1-5-15-11/h1-6H,7-8,14H2. The van der Waals surface area contributed by atoms with Gasteiger partial charge in [-0.1, -0.05) is 22.0 Å². The van der Waals surface area contributed by atoms with Crippen LogP contribution in [0.1, 0.15) is 11.3 Å². The largest absolute Gasteiger partial charge is 0.485 e. The average Bonchev–Trinajstić information content (AvgIpc) is 2.79. The second kappa shape index (κ2) is 5.18. The first kappa shape index (κ1) is 11.2. The minimum atomic E-state index is 0.413. The van der Waals surface area contributed by atoms with Crippen LogP contribution in [-0.4, -0.2) is 0 Å². The van der Waals surface area contributed by atoms with Gasteiger partial charge in [0.15, 0.2) is 0 Å². The number of furan rings is 1. The fourth-order valence-corrected chi connectivity index (χ4v) is 1.72. The van der Waals surface area contributed by atoms with Crippen molar-refractivity contribution in [1.82, 2.24) is 0 Å². The maximum absolute atomic E-state index is 5.65. The van der Waals surface area contributed by atoms with Crippen LogP contribution in [0.3, 0.4) is 0 Å². The minimum Gasteiger partial charge on any atom is -0.485 e. The Bertz CT molecular complexity index is 454. The Morgan fingerprint density at radius 3 is 2.88 bits per heavy atom. The molecule has 0 aliphatic heterocycles. The zero-order valence-corrected chi connectivity index (χ0v) is 10.2. The normalized spacial score (nSPS) is 10.4. The zero-order valence-electron chi connectivity index (χ0n) is 8.65. The Balaban J connectivity index is 2.11. The second-order valence-electron chi connectivity index (χ2n) is 3.32. The van der Waals surface area contributed by atoms with Crippen LogP contribution >= 0.6 is 15.9 Å². The van der Waals surface area contributed by atoms with E-state index in [1.165, 1.54) is 0 Å². The smallest absolute Gasteiger partial charge is 0.146 e. The molecule has 4 heteroatoms. The predicted octanol–water partition coefficient (Wildman–Crippen LogP) is 3.08. The van der Waals surface area contributed by atoms with Crippen molar-refractivity contribution >= 4 is 15.9 Å². The highest BCUT2D eigenvalue weighted by Crippen LogP contribution is 2.24. The summed E-state index contributed by atoms with van der Waals surface area (Å²) < 4.78 is 11.8. The molecule has 0 bridgehead atoms. The van der Waals surface area contributed by atoms with Gasteiger partial charge in [0, 0.05) is 16.6 Å². The fourth-order valence-electron chi connectivity index (χ4n) is 1.37. The van der Waals surface area contributed by atoms with Gasteiger partial charge in [-0.3, -0.25) is 0 Å². The summed E-state index contributed by atoms with van der Waals surface area (Å²) in [6, 6.07) is 9.51. The third-order valence-corrected chi connectivity index (χ3v) is 2.69. The molecule has 0 saturated heterocycles. The third-order valence-electron chi connectivity index (χ3n) is 2.20. The molecule has 0 spiro atoms. The van der Waals surface area contributed by atoms with Gasteiger partial charge in [0.1, 0.15) is 18.1 Å². The summed E-state index contributed by atoms with van der Waals surface area (Å²) in [5, 5.41) is 0. The molecule has 2 aromatic rings. The van der Waals surface area contributed by atoms with Gasteiger partial charge in [0.25, 0.3) is 0 Å². The number of hydrogen-bond donors (Lipinski definition) is 1. The maximum Gasteiger partial charge on any atom is 0.146 e. The summed E-state index contributed by atoms with van der Waals surface area (Å²) in [6.45, 7) is 0.872. The van der Waals surface area contributed by atoms with Crippen molar-refractivity contribution in [3.8, 4) is 5.75 Å². The summed E-state index contributed by atoms with van der Waals surface area (Å²) >= 11 is 3.40. The van der Waals surface area contributed by atoms with Gasteiger partial charge in [-0.05, 0) is 24.3 Å². The first-order chi connectivity index (χ1) is 7.79. The van der Waals surface area contributed by atoms with Gasteiger partial charge >= 0.3 is 0 Å². The molecule has 1 aromatic heterocycles. The topological polar surface area (TPSA) is 48.4 Å². The first-order valence-electron chi connectivity index (χ1n) is 4.93. The lowest BCUT2D eigenvalue weighted by Crippen LogP contribution is -2.02. The van der Waals surface area contributed by atoms with Crippen molar-refractivity contribution in [3.05, 3.63) is 52.4 Å². The predicted molar refractivity (Wildman–Crippen MR) is 65.1 cm³/mol. The molecule has 0 unspecified atom stereocenters. The summed E-state index contributed by atoms with van der Waals surface area (Å²) in [7, 11) is 0. The Kier molecular flexibility index (Phi) is 3.64. The summed E-state index contributed by atoms with van der Waals surface area (Å²) in [5.41, 5.74) is 6.61. The highest BCUT2D eigenvalue weighted by Gasteiger charge is 2.04. The highest BCUT2D eigenvalue weighted by atomic mass is 79.9. The van der Waals surface area contributed by atoms with Gasteiger partial charge in [-0.15, -0.1) is 0 Å². The molecular formula is C12H12BrNO2. The summed E-state index contributed by atoms with van der Waals surface area (Å²) in [6.07, 6.45) is 1.63. The van der Waals surface area contributed by atoms with Crippen LogP contribution in [0.4, 0.5) is 0 Å². The second-order valence-corrected chi connectivity index (χ2v) is 4.24. The number of rotatable bonds is 4. The number of halogens is 1. The Morgan fingerprint density at radius 1 is 1.31 bits per heavy atom. The molecule has 0 aliphatic carbocycles. The van der Waals surface area contributed by atoms with Crippen molar-refractivity contribution in [2.24, 2.45) is 5.73 Å². The van der Waals surface area contributed by atoms with E-state index in [2.05, 4.69) is 15.9 Å². The van der Waals surface area contributed by atoms with E-state index in [9.17, 15) is 0 Å². The molecule has 16 heavy (non-hydrogen) atoms. The van der Waals surface area contributed by atoms with Crippen LogP contribution in [-0.2, 0) is 13.2 Å². The van der Waals surface area contributed by atoms with Gasteiger partial charge in [-0.25, -0.2) is 0 Å². The van der Waals surface area contributed by atoms with E-state index in [4.69, 9.17) is 14.9 Å². The van der Waals surface area contributed by atoms with E-state index in [1.807, 2.05) is 30.3 Å². The number of benzene rings is 1. The molecule has 0 aliphatic rings. The Morgan fingerprint density at radius 2 is 2.19 bits per heavy atom. The van der Waals surface area contributed by atoms with E-state index in [0.29, 0.717) is 13.2 Å². The SMILES string of the molecule is NCc1ccc(Br)cc1OCc1ccco1. The molecular weight excluding hydrogens is 270 g/mol. The van der Waals surface area contributed by atoms with Crippen LogP contribution < -0.4 is 10.5 Å². The van der Waals surface area contributed by atoms with Gasteiger partial charge < -0.3 is 14.9 Å². The molecule has 0 fully saturated rings. The molecule has 1 aromatic carbocycles. The van der Waals surface area contributed by atoms with Crippen molar-refractivity contribution in [3.63, 3.8) is 0 Å². The lowest BCUT2D eigenvalue weighted by molar-refractivity contribution is 0.268. The Labute approximate surface area is 102 Å². The van der Waals surface area contributed by atoms with Gasteiger partial charge in [0.05, 0.1) is 6.26 Å². The molecule has 0 atom stereocenters. The van der Waals surface area contributed by atoms with Crippen molar-refractivity contribution < 1.29 is 9.15 Å². The van der Waals surface area contributed by atoms with Gasteiger partial charge in [0.2, 0.25) is 0 Å². The van der Waals surface area contributed by atoms with Crippen molar-refractivity contribution in [2.45, 2.75) is 13.2 Å². The molecule has 3 nitrogen and oxygen atoms in total. The lowest BCUT2D eigenvalue weighted by Gasteiger charge is -2.09. The van der Waals surface area contributed by atoms with Crippen LogP contribution in [0.15, 0.2) is 45.5 Å². The van der Waals surface area contributed by atoms with E-state index in [-0.39, 0.29) is 0 Å². The third kappa shape index (κ3) is 2.65. The summed E-state index contributed by atoms with van der Waals surface area (Å²) in [5.74, 6) is 1.58. The van der Waals surface area contributed by atoms with Crippen molar-refractivity contribution in [1.29, 1.82) is 0 Å². The van der Waals surface area contributed by atoms with Crippen LogP contribution in [0.2, 0.25) is 0 Å². The molecule has 0 radical (unpaired) electrons. The van der Waals surface area contributed by atoms with Crippen LogP contribution in [0.5, 0.6) is 5.75 Å². The van der Waals surface area contributed by atoms with E-state index >= 15 is 0 Å². The average molecular weight is 282 g/mol. The van der Waals surface area contributed by atoms with E-state index in [0.717, 1.165) is 21.5 Å². The van der Waals surface area contributed by atoms with Crippen LogP contribution in [0, 0.1) is 0 Å². The molecule has 2 N–H and O–H groups in total. The molecule has 0 amide bonds. The lowest BCUT2D eigenvalue weighted by atomic mass is 10.2. The molecule has 84 valence electrons. The molecule has 0 saturated carbocycles. The maximum atomic E-state index is 5.65. The minimum absolute atomic E-state index is 0.413. The first-order valence-corrected chi connectivity index (χ1v) is 5.72. The zero-order chi connectivity index (χ0) is 11.4. The number of ether oxygens (including phenoxy) is 1. The van der Waals surface area contributed by atoms with Crippen molar-refractivity contribution in [2.75, 3.05) is 0 Å². The van der Waals surface area contributed by atoms with Crippen LogP contribution in [0.25, 0.3) is 0 Å². The molecule has 1 heterocycles. The number of nitrogens with two attached hydrogens (primary N) is 1. The summed E-state index contributed by atoms with van der Waals surface area (Å²) in [4.78, 5) is 0. The molecule has 2 rings (SSSR count). The Hall–Kier alpha value is -1.26. The van der Waals surface area contributed by atoms with E-state index in [1.54, 1.807) is 6.26 Å². The number of hydrogen-bond acceptors (Lipinski definition) is 3. The monoisotopic (exact) mass is 281 g/mol.